The Hall–Kier alpha value is -4.06. The molecule has 0 aliphatic carbocycles. The van der Waals surface area contributed by atoms with Gasteiger partial charge in [-0.05, 0) is 23.8 Å². The molecule has 3 aromatic carbocycles. The molecule has 0 saturated heterocycles. The molecule has 1 aromatic heterocycles. The first kappa shape index (κ1) is 20.2. The normalized spacial score (nSPS) is 10.9. The van der Waals surface area contributed by atoms with Crippen LogP contribution in [0.25, 0.3) is 11.3 Å². The third-order valence-electron chi connectivity index (χ3n) is 4.53. The van der Waals surface area contributed by atoms with Gasteiger partial charge in [-0.3, -0.25) is 0 Å². The number of oxime groups is 1. The van der Waals surface area contributed by atoms with Gasteiger partial charge in [-0.2, -0.15) is 0 Å². The van der Waals surface area contributed by atoms with Crippen molar-refractivity contribution >= 4 is 6.21 Å². The van der Waals surface area contributed by atoms with Crippen molar-refractivity contribution < 1.29 is 18.8 Å². The zero-order valence-electron chi connectivity index (χ0n) is 17.1. The van der Waals surface area contributed by atoms with E-state index in [0.717, 1.165) is 16.7 Å². The summed E-state index contributed by atoms with van der Waals surface area (Å²) in [5.41, 5.74) is 3.55. The van der Waals surface area contributed by atoms with Crippen LogP contribution in [0.15, 0.2) is 94.6 Å². The van der Waals surface area contributed by atoms with Crippen molar-refractivity contribution in [3.63, 3.8) is 0 Å². The van der Waals surface area contributed by atoms with Crippen molar-refractivity contribution in [2.45, 2.75) is 13.2 Å². The Morgan fingerprint density at radius 1 is 0.871 bits per heavy atom. The number of hydrogen-bond donors (Lipinski definition) is 0. The van der Waals surface area contributed by atoms with E-state index < -0.39 is 0 Å². The van der Waals surface area contributed by atoms with Gasteiger partial charge in [0.25, 0.3) is 0 Å². The maximum Gasteiger partial charge on any atom is 0.167 e. The summed E-state index contributed by atoms with van der Waals surface area (Å²) in [6, 6.07) is 27.2. The Labute approximate surface area is 180 Å². The van der Waals surface area contributed by atoms with Crippen LogP contribution in [-0.2, 0) is 18.1 Å². The smallest absolute Gasteiger partial charge is 0.167 e. The lowest BCUT2D eigenvalue weighted by Gasteiger charge is -2.11. The molecule has 0 amide bonds. The first-order chi connectivity index (χ1) is 15.3. The highest BCUT2D eigenvalue weighted by Crippen LogP contribution is 2.28. The molecule has 0 bridgehead atoms. The molecule has 0 aliphatic rings. The summed E-state index contributed by atoms with van der Waals surface area (Å²) in [6.07, 6.45) is 1.61. The van der Waals surface area contributed by atoms with Crippen molar-refractivity contribution in [3.05, 3.63) is 102 Å². The minimum atomic E-state index is 0.211. The van der Waals surface area contributed by atoms with E-state index in [9.17, 15) is 0 Å². The van der Waals surface area contributed by atoms with Gasteiger partial charge in [0.2, 0.25) is 0 Å². The first-order valence-electron chi connectivity index (χ1n) is 9.83. The number of ether oxygens (including phenoxy) is 2. The first-order valence-corrected chi connectivity index (χ1v) is 9.83. The van der Waals surface area contributed by atoms with Gasteiger partial charge in [-0.25, -0.2) is 0 Å². The molecule has 1 heterocycles. The zero-order valence-corrected chi connectivity index (χ0v) is 17.1. The molecule has 156 valence electrons. The number of methoxy groups -OCH3 is 1. The van der Waals surface area contributed by atoms with Gasteiger partial charge in [0.15, 0.2) is 23.9 Å². The fourth-order valence-electron chi connectivity index (χ4n) is 2.94. The summed E-state index contributed by atoms with van der Waals surface area (Å²) >= 11 is 0. The van der Waals surface area contributed by atoms with Crippen LogP contribution < -0.4 is 9.47 Å². The van der Waals surface area contributed by atoms with Gasteiger partial charge in [0, 0.05) is 17.2 Å². The van der Waals surface area contributed by atoms with E-state index in [1.165, 1.54) is 0 Å². The SMILES string of the molecule is COc1cc(/C=N/OCc2cc(-c3ccccc3)on2)ccc1OCc1ccccc1. The Kier molecular flexibility index (Phi) is 6.60. The summed E-state index contributed by atoms with van der Waals surface area (Å²) in [7, 11) is 1.61. The third kappa shape index (κ3) is 5.51. The van der Waals surface area contributed by atoms with E-state index in [4.69, 9.17) is 18.8 Å². The molecule has 0 aliphatic heterocycles. The highest BCUT2D eigenvalue weighted by Gasteiger charge is 2.07. The highest BCUT2D eigenvalue weighted by molar-refractivity contribution is 5.80. The summed E-state index contributed by atoms with van der Waals surface area (Å²) in [6.45, 7) is 0.679. The van der Waals surface area contributed by atoms with Crippen molar-refractivity contribution in [2.75, 3.05) is 7.11 Å². The van der Waals surface area contributed by atoms with Crippen LogP contribution in [0.4, 0.5) is 0 Å². The number of nitrogens with zero attached hydrogens (tertiary/aromatic N) is 2. The van der Waals surface area contributed by atoms with Gasteiger partial charge in [0.05, 0.1) is 13.3 Å². The van der Waals surface area contributed by atoms with E-state index >= 15 is 0 Å². The second-order valence-corrected chi connectivity index (χ2v) is 6.74. The lowest BCUT2D eigenvalue weighted by Crippen LogP contribution is -1.98. The number of rotatable bonds is 9. The minimum Gasteiger partial charge on any atom is -0.493 e. The monoisotopic (exact) mass is 414 g/mol. The van der Waals surface area contributed by atoms with Crippen LogP contribution in [-0.4, -0.2) is 18.5 Å². The second kappa shape index (κ2) is 10.1. The molecular weight excluding hydrogens is 392 g/mol. The molecule has 6 heteroatoms. The molecule has 0 fully saturated rings. The molecule has 0 atom stereocenters. The summed E-state index contributed by atoms with van der Waals surface area (Å²) in [5, 5.41) is 8.03. The molecule has 0 spiro atoms. The molecule has 6 nitrogen and oxygen atoms in total. The van der Waals surface area contributed by atoms with Crippen LogP contribution in [0, 0.1) is 0 Å². The topological polar surface area (TPSA) is 66.1 Å². The lowest BCUT2D eigenvalue weighted by atomic mass is 10.2. The highest BCUT2D eigenvalue weighted by atomic mass is 16.6. The van der Waals surface area contributed by atoms with Gasteiger partial charge in [0.1, 0.15) is 12.3 Å². The molecule has 4 rings (SSSR count). The van der Waals surface area contributed by atoms with E-state index in [1.54, 1.807) is 13.3 Å². The van der Waals surface area contributed by atoms with Crippen LogP contribution in [0.5, 0.6) is 11.5 Å². The second-order valence-electron chi connectivity index (χ2n) is 6.74. The maximum absolute atomic E-state index is 5.87. The predicted molar refractivity (Wildman–Crippen MR) is 118 cm³/mol. The van der Waals surface area contributed by atoms with Gasteiger partial charge < -0.3 is 18.8 Å². The summed E-state index contributed by atoms with van der Waals surface area (Å²) < 4.78 is 16.7. The minimum absolute atomic E-state index is 0.211. The average molecular weight is 414 g/mol. The van der Waals surface area contributed by atoms with Crippen molar-refractivity contribution in [3.8, 4) is 22.8 Å². The quantitative estimate of drug-likeness (QED) is 0.268. The van der Waals surface area contributed by atoms with Gasteiger partial charge in [-0.1, -0.05) is 71.0 Å². The maximum atomic E-state index is 5.87. The molecular formula is C25H22N2O4. The standard InChI is InChI=1S/C25H22N2O4/c1-28-25-14-20(12-13-23(25)29-17-19-8-4-2-5-9-19)16-26-30-18-22-15-24(31-27-22)21-10-6-3-7-11-21/h2-16H,17-18H2,1H3/b26-16+. The Bertz CT molecular complexity index is 1120. The van der Waals surface area contributed by atoms with Crippen LogP contribution in [0.2, 0.25) is 0 Å². The Balaban J connectivity index is 1.32. The van der Waals surface area contributed by atoms with Crippen LogP contribution in [0.3, 0.4) is 0 Å². The summed E-state index contributed by atoms with van der Waals surface area (Å²) in [4.78, 5) is 5.36. The van der Waals surface area contributed by atoms with E-state index in [2.05, 4.69) is 10.3 Å². The number of benzene rings is 3. The van der Waals surface area contributed by atoms with Gasteiger partial charge in [-0.15, -0.1) is 0 Å². The van der Waals surface area contributed by atoms with Crippen LogP contribution >= 0.6 is 0 Å². The van der Waals surface area contributed by atoms with Gasteiger partial charge >= 0.3 is 0 Å². The third-order valence-corrected chi connectivity index (χ3v) is 4.53. The number of hydrogen-bond acceptors (Lipinski definition) is 6. The predicted octanol–water partition coefficient (Wildman–Crippen LogP) is 5.48. The molecule has 0 unspecified atom stereocenters. The average Bonchev–Trinajstić information content (AvgIpc) is 3.31. The van der Waals surface area contributed by atoms with Crippen molar-refractivity contribution in [2.24, 2.45) is 5.16 Å². The molecule has 4 aromatic rings. The molecule has 31 heavy (non-hydrogen) atoms. The molecule has 0 saturated carbocycles. The molecule has 0 radical (unpaired) electrons. The Morgan fingerprint density at radius 2 is 1.65 bits per heavy atom. The largest absolute Gasteiger partial charge is 0.493 e. The zero-order chi connectivity index (χ0) is 21.3. The summed E-state index contributed by atoms with van der Waals surface area (Å²) in [5.74, 6) is 1.99. The fourth-order valence-corrected chi connectivity index (χ4v) is 2.94. The van der Waals surface area contributed by atoms with Crippen LogP contribution in [0.1, 0.15) is 16.8 Å². The van der Waals surface area contributed by atoms with Crippen molar-refractivity contribution in [1.82, 2.24) is 5.16 Å². The fraction of sp³-hybridized carbons (Fsp3) is 0.120. The molecule has 0 N–H and O–H groups in total. The lowest BCUT2D eigenvalue weighted by molar-refractivity contribution is 0.126. The van der Waals surface area contributed by atoms with Crippen molar-refractivity contribution in [1.29, 1.82) is 0 Å². The van der Waals surface area contributed by atoms with E-state index in [1.807, 2.05) is 84.9 Å². The van der Waals surface area contributed by atoms with E-state index in [0.29, 0.717) is 29.6 Å². The Morgan fingerprint density at radius 3 is 2.42 bits per heavy atom. The number of aromatic nitrogens is 1. The van der Waals surface area contributed by atoms with E-state index in [-0.39, 0.29) is 6.61 Å².